The number of carboxylic acid groups (broad SMARTS) is 1. The van der Waals surface area contributed by atoms with Crippen LogP contribution >= 0.6 is 0 Å². The Labute approximate surface area is 324 Å². The molecule has 7 rings (SSSR count). The maximum absolute atomic E-state index is 12.7. The van der Waals surface area contributed by atoms with Crippen molar-refractivity contribution in [3.05, 3.63) is 11.6 Å². The molecule has 0 aromatic carbocycles. The third kappa shape index (κ3) is 6.69. The Morgan fingerprint density at radius 3 is 1.75 bits per heavy atom. The normalized spacial score (nSPS) is 54.5. The average molecular weight is 805 g/mol. The molecular formula is C38H60O18. The van der Waals surface area contributed by atoms with Gasteiger partial charge in [-0.1, -0.05) is 19.4 Å². The molecule has 18 heteroatoms. The number of carbonyl (C=O) groups is 1. The minimum Gasteiger partial charge on any atom is -0.481 e. The molecule has 3 heterocycles. The van der Waals surface area contributed by atoms with E-state index in [1.54, 1.807) is 0 Å². The van der Waals surface area contributed by atoms with Gasteiger partial charge in [0.1, 0.15) is 73.2 Å². The van der Waals surface area contributed by atoms with E-state index >= 15 is 0 Å². The van der Waals surface area contributed by atoms with Gasteiger partial charge in [0.05, 0.1) is 30.8 Å². The van der Waals surface area contributed by atoms with Gasteiger partial charge in [0.2, 0.25) is 0 Å². The Morgan fingerprint density at radius 1 is 0.679 bits per heavy atom. The maximum atomic E-state index is 12.7. The second-order valence-electron chi connectivity index (χ2n) is 17.9. The minimum absolute atomic E-state index is 0.00952. The first-order chi connectivity index (χ1) is 26.4. The molecule has 11 N–H and O–H groups in total. The Balaban J connectivity index is 1.22. The standard InChI is InChI=1S/C38H60O18/c1-16-11-37-9-5-20-35(2,7-4-8-36(20,3)34(49)50)21(37)6-10-38(16,15-37)56-33-30(55-32-28(48)26(46)23(43)18(13-40)52-32)29(24(44)19(14-41)53-33)54-31-27(47)25(45)22(42)17(12-39)51-31/h11,17-33,39-48H,4-10,12-15H2,1-3H3,(H,49,50)/t17?,18?,19?,20?,21?,22?,23?,24?,25?,26?,27?,28?,29?,30?,31?,32?,33?,35-,36-,37-,38-/m1/s1. The van der Waals surface area contributed by atoms with Crippen LogP contribution in [0.1, 0.15) is 72.1 Å². The lowest BCUT2D eigenvalue weighted by Gasteiger charge is -2.64. The Kier molecular flexibility index (Phi) is 11.9. The van der Waals surface area contributed by atoms with Crippen LogP contribution in [0.4, 0.5) is 0 Å². The molecule has 4 aliphatic carbocycles. The smallest absolute Gasteiger partial charge is 0.309 e. The van der Waals surface area contributed by atoms with Crippen molar-refractivity contribution >= 4 is 5.97 Å². The van der Waals surface area contributed by atoms with E-state index < -0.39 is 129 Å². The monoisotopic (exact) mass is 804 g/mol. The summed E-state index contributed by atoms with van der Waals surface area (Å²) in [5.74, 6) is -0.619. The zero-order valence-electron chi connectivity index (χ0n) is 31.9. The van der Waals surface area contributed by atoms with Crippen molar-refractivity contribution in [1.82, 2.24) is 0 Å². The van der Waals surface area contributed by atoms with E-state index in [9.17, 15) is 61.0 Å². The third-order valence-electron chi connectivity index (χ3n) is 14.9. The minimum atomic E-state index is -1.91. The second kappa shape index (κ2) is 15.6. The highest BCUT2D eigenvalue weighted by molar-refractivity contribution is 5.75. The molecule has 0 aromatic heterocycles. The summed E-state index contributed by atoms with van der Waals surface area (Å²) in [6.07, 6.45) is -17.5. The SMILES string of the molecule is CC1=C[C@@]23CCC4[C@@](C)(CCC[C@@]4(C)C(=O)O)C2CC[C@@]1(OC1OC(CO)C(O)C(OC2OC(CO)C(O)C(O)C2O)C1OC1OC(CO)C(O)C(O)C1O)C3. The number of allylic oxidation sites excluding steroid dienone is 1. The topological polar surface area (TPSA) is 295 Å². The molecular weight excluding hydrogens is 744 g/mol. The number of rotatable bonds is 10. The van der Waals surface area contributed by atoms with Gasteiger partial charge in [0.25, 0.3) is 0 Å². The summed E-state index contributed by atoms with van der Waals surface area (Å²) in [5.41, 5.74) is -1.51. The van der Waals surface area contributed by atoms with Crippen molar-refractivity contribution in [3.63, 3.8) is 0 Å². The van der Waals surface area contributed by atoms with Crippen LogP contribution in [0, 0.1) is 28.1 Å². The van der Waals surface area contributed by atoms with Gasteiger partial charge >= 0.3 is 5.97 Å². The molecule has 320 valence electrons. The van der Waals surface area contributed by atoms with Crippen molar-refractivity contribution in [2.45, 2.75) is 170 Å². The first-order valence-electron chi connectivity index (χ1n) is 19.9. The number of aliphatic hydroxyl groups excluding tert-OH is 10. The summed E-state index contributed by atoms with van der Waals surface area (Å²) in [5, 5.41) is 116. The summed E-state index contributed by atoms with van der Waals surface area (Å²) in [6, 6.07) is 0. The van der Waals surface area contributed by atoms with Gasteiger partial charge in [-0.2, -0.15) is 0 Å². The number of aliphatic carboxylic acids is 1. The number of hydrogen-bond donors (Lipinski definition) is 11. The van der Waals surface area contributed by atoms with Gasteiger partial charge in [0, 0.05) is 0 Å². The number of aliphatic hydroxyl groups is 10. The van der Waals surface area contributed by atoms with E-state index in [1.807, 2.05) is 13.8 Å². The quantitative estimate of drug-likeness (QED) is 0.0812. The van der Waals surface area contributed by atoms with Crippen LogP contribution in [-0.2, 0) is 33.2 Å². The largest absolute Gasteiger partial charge is 0.481 e. The van der Waals surface area contributed by atoms with E-state index in [1.165, 1.54) is 0 Å². The Bertz CT molecular complexity index is 1460. The van der Waals surface area contributed by atoms with Crippen molar-refractivity contribution in [2.24, 2.45) is 28.1 Å². The zero-order valence-corrected chi connectivity index (χ0v) is 31.9. The fraction of sp³-hybridized carbons (Fsp3) is 0.921. The van der Waals surface area contributed by atoms with Crippen LogP contribution in [0.25, 0.3) is 0 Å². The highest BCUT2D eigenvalue weighted by Crippen LogP contribution is 2.72. The molecule has 1 spiro atoms. The van der Waals surface area contributed by atoms with Gasteiger partial charge in [-0.25, -0.2) is 0 Å². The summed E-state index contributed by atoms with van der Waals surface area (Å²) >= 11 is 0. The van der Waals surface area contributed by atoms with E-state index in [2.05, 4.69) is 13.0 Å². The first kappa shape index (κ1) is 42.7. The average Bonchev–Trinajstić information content (AvgIpc) is 3.36. The Hall–Kier alpha value is -1.43. The summed E-state index contributed by atoms with van der Waals surface area (Å²) < 4.78 is 36.7. The molecule has 17 unspecified atom stereocenters. The second-order valence-corrected chi connectivity index (χ2v) is 17.9. The molecule has 0 amide bonds. The van der Waals surface area contributed by atoms with Gasteiger partial charge in [-0.05, 0) is 87.0 Å². The molecule has 0 radical (unpaired) electrons. The molecule has 3 aliphatic heterocycles. The summed E-state index contributed by atoms with van der Waals surface area (Å²) in [6.45, 7) is 3.77. The molecule has 3 saturated carbocycles. The predicted octanol–water partition coefficient (Wildman–Crippen LogP) is -2.37. The zero-order chi connectivity index (χ0) is 40.7. The highest BCUT2D eigenvalue weighted by atomic mass is 16.8. The lowest BCUT2D eigenvalue weighted by molar-refractivity contribution is -0.400. The number of hydrogen-bond acceptors (Lipinski definition) is 17. The predicted molar refractivity (Wildman–Crippen MR) is 187 cm³/mol. The number of ether oxygens (including phenoxy) is 6. The van der Waals surface area contributed by atoms with E-state index in [4.69, 9.17) is 28.4 Å². The first-order valence-corrected chi connectivity index (χ1v) is 19.9. The molecule has 18 nitrogen and oxygen atoms in total. The fourth-order valence-corrected chi connectivity index (χ4v) is 11.9. The molecule has 7 aliphatic rings. The summed E-state index contributed by atoms with van der Waals surface area (Å²) in [4.78, 5) is 12.7. The molecule has 6 fully saturated rings. The fourth-order valence-electron chi connectivity index (χ4n) is 11.9. The van der Waals surface area contributed by atoms with Gasteiger partial charge in [0.15, 0.2) is 18.9 Å². The van der Waals surface area contributed by atoms with Crippen molar-refractivity contribution in [3.8, 4) is 0 Å². The lowest BCUT2D eigenvalue weighted by atomic mass is 9.40. The van der Waals surface area contributed by atoms with Crippen LogP contribution in [0.15, 0.2) is 11.6 Å². The van der Waals surface area contributed by atoms with Crippen LogP contribution in [0.3, 0.4) is 0 Å². The van der Waals surface area contributed by atoms with Crippen molar-refractivity contribution < 1.29 is 89.4 Å². The highest BCUT2D eigenvalue weighted by Gasteiger charge is 2.68. The van der Waals surface area contributed by atoms with Crippen molar-refractivity contribution in [1.29, 1.82) is 0 Å². The maximum Gasteiger partial charge on any atom is 0.309 e. The van der Waals surface area contributed by atoms with Gasteiger partial charge in [-0.3, -0.25) is 4.79 Å². The van der Waals surface area contributed by atoms with E-state index in [0.717, 1.165) is 24.8 Å². The van der Waals surface area contributed by atoms with Crippen LogP contribution in [0.5, 0.6) is 0 Å². The van der Waals surface area contributed by atoms with E-state index in [-0.39, 0.29) is 22.7 Å². The third-order valence-corrected chi connectivity index (χ3v) is 14.9. The van der Waals surface area contributed by atoms with Crippen LogP contribution in [0.2, 0.25) is 0 Å². The van der Waals surface area contributed by atoms with Crippen molar-refractivity contribution in [2.75, 3.05) is 19.8 Å². The molecule has 3 saturated heterocycles. The van der Waals surface area contributed by atoms with Crippen LogP contribution < -0.4 is 0 Å². The number of fused-ring (bicyclic) bond motifs is 3. The molecule has 21 atom stereocenters. The lowest BCUT2D eigenvalue weighted by Crippen LogP contribution is -2.68. The van der Waals surface area contributed by atoms with Crippen LogP contribution in [-0.4, -0.2) is 180 Å². The number of carboxylic acids is 1. The Morgan fingerprint density at radius 2 is 1.20 bits per heavy atom. The molecule has 2 bridgehead atoms. The molecule has 56 heavy (non-hydrogen) atoms. The van der Waals surface area contributed by atoms with Gasteiger partial charge < -0.3 is 84.6 Å². The van der Waals surface area contributed by atoms with Gasteiger partial charge in [-0.15, -0.1) is 0 Å². The van der Waals surface area contributed by atoms with E-state index in [0.29, 0.717) is 32.1 Å². The molecule has 0 aromatic rings. The summed E-state index contributed by atoms with van der Waals surface area (Å²) in [7, 11) is 0.